The molecule has 0 aliphatic carbocycles. The SMILES string of the molecule is Cc1cc(F)ccc1CN(CC1CCCNC1)C(C)C. The molecule has 0 spiro atoms. The molecule has 2 rings (SSSR count). The van der Waals surface area contributed by atoms with Gasteiger partial charge in [-0.1, -0.05) is 6.07 Å². The summed E-state index contributed by atoms with van der Waals surface area (Å²) < 4.78 is 13.2. The predicted octanol–water partition coefficient (Wildman–Crippen LogP) is 3.34. The summed E-state index contributed by atoms with van der Waals surface area (Å²) in [7, 11) is 0. The lowest BCUT2D eigenvalue weighted by Crippen LogP contribution is -2.40. The van der Waals surface area contributed by atoms with Crippen LogP contribution in [-0.4, -0.2) is 30.6 Å². The minimum absolute atomic E-state index is 0.140. The number of benzene rings is 1. The summed E-state index contributed by atoms with van der Waals surface area (Å²) in [6, 6.07) is 5.65. The molecule has 1 N–H and O–H groups in total. The summed E-state index contributed by atoms with van der Waals surface area (Å²) in [6.07, 6.45) is 2.60. The third kappa shape index (κ3) is 4.29. The van der Waals surface area contributed by atoms with Crippen molar-refractivity contribution < 1.29 is 4.39 Å². The van der Waals surface area contributed by atoms with E-state index in [0.717, 1.165) is 37.7 Å². The van der Waals surface area contributed by atoms with Crippen molar-refractivity contribution in [1.82, 2.24) is 10.2 Å². The number of nitrogens with one attached hydrogen (secondary N) is 1. The molecule has 2 nitrogen and oxygen atoms in total. The fourth-order valence-electron chi connectivity index (χ4n) is 2.92. The van der Waals surface area contributed by atoms with Gasteiger partial charge in [0.1, 0.15) is 5.82 Å². The van der Waals surface area contributed by atoms with Gasteiger partial charge in [-0.05, 0) is 75.9 Å². The minimum Gasteiger partial charge on any atom is -0.316 e. The lowest BCUT2D eigenvalue weighted by molar-refractivity contribution is 0.163. The van der Waals surface area contributed by atoms with E-state index in [1.54, 1.807) is 12.1 Å². The van der Waals surface area contributed by atoms with Gasteiger partial charge in [-0.2, -0.15) is 0 Å². The molecule has 1 atom stereocenters. The maximum Gasteiger partial charge on any atom is 0.123 e. The lowest BCUT2D eigenvalue weighted by Gasteiger charge is -2.33. The Labute approximate surface area is 122 Å². The summed E-state index contributed by atoms with van der Waals surface area (Å²) in [5, 5.41) is 3.49. The van der Waals surface area contributed by atoms with Crippen LogP contribution in [0.1, 0.15) is 37.8 Å². The summed E-state index contributed by atoms with van der Waals surface area (Å²) in [5.41, 5.74) is 2.29. The molecular weight excluding hydrogens is 251 g/mol. The molecule has 0 amide bonds. The molecule has 1 aromatic rings. The van der Waals surface area contributed by atoms with Gasteiger partial charge in [0.2, 0.25) is 0 Å². The maximum atomic E-state index is 13.2. The second kappa shape index (κ2) is 7.19. The summed E-state index contributed by atoms with van der Waals surface area (Å²) in [6.45, 7) is 10.8. The molecule has 0 radical (unpaired) electrons. The number of aryl methyl sites for hydroxylation is 1. The average Bonchev–Trinajstić information content (AvgIpc) is 2.42. The van der Waals surface area contributed by atoms with Crippen LogP contribution in [0, 0.1) is 18.7 Å². The molecule has 1 aliphatic heterocycles. The van der Waals surface area contributed by atoms with Crippen LogP contribution >= 0.6 is 0 Å². The molecule has 1 heterocycles. The first kappa shape index (κ1) is 15.5. The van der Waals surface area contributed by atoms with Gasteiger partial charge in [-0.3, -0.25) is 4.90 Å². The Bertz CT molecular complexity index is 425. The van der Waals surface area contributed by atoms with E-state index in [1.165, 1.54) is 18.4 Å². The molecule has 20 heavy (non-hydrogen) atoms. The van der Waals surface area contributed by atoms with Crippen LogP contribution in [-0.2, 0) is 6.54 Å². The number of rotatable bonds is 5. The topological polar surface area (TPSA) is 15.3 Å². The zero-order valence-electron chi connectivity index (χ0n) is 13.0. The zero-order valence-corrected chi connectivity index (χ0v) is 13.0. The number of hydrogen-bond acceptors (Lipinski definition) is 2. The Morgan fingerprint density at radius 2 is 2.20 bits per heavy atom. The van der Waals surface area contributed by atoms with Crippen molar-refractivity contribution in [3.8, 4) is 0 Å². The number of halogens is 1. The Morgan fingerprint density at radius 1 is 1.40 bits per heavy atom. The van der Waals surface area contributed by atoms with E-state index >= 15 is 0 Å². The van der Waals surface area contributed by atoms with Crippen molar-refractivity contribution in [1.29, 1.82) is 0 Å². The second-order valence-corrected chi connectivity index (χ2v) is 6.31. The van der Waals surface area contributed by atoms with Gasteiger partial charge in [0.05, 0.1) is 0 Å². The van der Waals surface area contributed by atoms with Gasteiger partial charge in [0.15, 0.2) is 0 Å². The first-order valence-electron chi connectivity index (χ1n) is 7.76. The van der Waals surface area contributed by atoms with Crippen LogP contribution in [0.4, 0.5) is 4.39 Å². The molecule has 112 valence electrons. The van der Waals surface area contributed by atoms with Crippen LogP contribution in [0.3, 0.4) is 0 Å². The number of piperidine rings is 1. The maximum absolute atomic E-state index is 13.2. The van der Waals surface area contributed by atoms with Gasteiger partial charge in [0, 0.05) is 19.1 Å². The van der Waals surface area contributed by atoms with E-state index in [-0.39, 0.29) is 5.82 Å². The van der Waals surface area contributed by atoms with E-state index in [0.29, 0.717) is 6.04 Å². The van der Waals surface area contributed by atoms with Gasteiger partial charge in [0.25, 0.3) is 0 Å². The van der Waals surface area contributed by atoms with Crippen LogP contribution in [0.5, 0.6) is 0 Å². The van der Waals surface area contributed by atoms with Crippen molar-refractivity contribution in [2.75, 3.05) is 19.6 Å². The van der Waals surface area contributed by atoms with Crippen molar-refractivity contribution in [2.24, 2.45) is 5.92 Å². The number of hydrogen-bond donors (Lipinski definition) is 1. The number of nitrogens with zero attached hydrogens (tertiary/aromatic N) is 1. The van der Waals surface area contributed by atoms with Crippen LogP contribution in [0.2, 0.25) is 0 Å². The Morgan fingerprint density at radius 3 is 2.80 bits per heavy atom. The lowest BCUT2D eigenvalue weighted by atomic mass is 9.98. The molecule has 1 saturated heterocycles. The monoisotopic (exact) mass is 278 g/mol. The molecular formula is C17H27FN2. The molecule has 1 aromatic carbocycles. The van der Waals surface area contributed by atoms with E-state index in [9.17, 15) is 4.39 Å². The van der Waals surface area contributed by atoms with Crippen LogP contribution in [0.15, 0.2) is 18.2 Å². The van der Waals surface area contributed by atoms with E-state index < -0.39 is 0 Å². The highest BCUT2D eigenvalue weighted by atomic mass is 19.1. The van der Waals surface area contributed by atoms with Gasteiger partial charge in [-0.25, -0.2) is 4.39 Å². The molecule has 3 heteroatoms. The fourth-order valence-corrected chi connectivity index (χ4v) is 2.92. The highest BCUT2D eigenvalue weighted by Gasteiger charge is 2.19. The molecule has 0 saturated carbocycles. The predicted molar refractivity (Wildman–Crippen MR) is 82.3 cm³/mol. The molecule has 1 unspecified atom stereocenters. The van der Waals surface area contributed by atoms with Gasteiger partial charge >= 0.3 is 0 Å². The van der Waals surface area contributed by atoms with E-state index in [1.807, 2.05) is 13.0 Å². The summed E-state index contributed by atoms with van der Waals surface area (Å²) in [5.74, 6) is 0.603. The smallest absolute Gasteiger partial charge is 0.123 e. The van der Waals surface area contributed by atoms with Crippen molar-refractivity contribution in [3.05, 3.63) is 35.1 Å². The van der Waals surface area contributed by atoms with Crippen LogP contribution in [0.25, 0.3) is 0 Å². The third-order valence-electron chi connectivity index (χ3n) is 4.30. The van der Waals surface area contributed by atoms with Crippen molar-refractivity contribution in [2.45, 2.75) is 46.2 Å². The standard InChI is InChI=1S/C17H27FN2/c1-13(2)20(11-15-5-4-8-19-10-15)12-16-6-7-17(18)9-14(16)3/h6-7,9,13,15,19H,4-5,8,10-12H2,1-3H3. The zero-order chi connectivity index (χ0) is 14.5. The largest absolute Gasteiger partial charge is 0.316 e. The Balaban J connectivity index is 2.01. The summed E-state index contributed by atoms with van der Waals surface area (Å²) >= 11 is 0. The highest BCUT2D eigenvalue weighted by Crippen LogP contribution is 2.18. The quantitative estimate of drug-likeness (QED) is 0.888. The normalized spacial score (nSPS) is 19.8. The van der Waals surface area contributed by atoms with E-state index in [2.05, 4.69) is 24.1 Å². The second-order valence-electron chi connectivity index (χ2n) is 6.31. The minimum atomic E-state index is -0.140. The highest BCUT2D eigenvalue weighted by molar-refractivity contribution is 5.26. The third-order valence-corrected chi connectivity index (χ3v) is 4.30. The fraction of sp³-hybridized carbons (Fsp3) is 0.647. The van der Waals surface area contributed by atoms with E-state index in [4.69, 9.17) is 0 Å². The van der Waals surface area contributed by atoms with Crippen molar-refractivity contribution in [3.63, 3.8) is 0 Å². The Hall–Kier alpha value is -0.930. The van der Waals surface area contributed by atoms with Gasteiger partial charge < -0.3 is 5.32 Å². The van der Waals surface area contributed by atoms with Crippen molar-refractivity contribution >= 4 is 0 Å². The first-order valence-corrected chi connectivity index (χ1v) is 7.76. The van der Waals surface area contributed by atoms with Gasteiger partial charge in [-0.15, -0.1) is 0 Å². The Kier molecular flexibility index (Phi) is 5.55. The molecule has 1 aliphatic rings. The average molecular weight is 278 g/mol. The first-order chi connectivity index (χ1) is 9.56. The molecule has 0 aromatic heterocycles. The summed E-state index contributed by atoms with van der Waals surface area (Å²) in [4.78, 5) is 2.51. The molecule has 1 fully saturated rings. The molecule has 0 bridgehead atoms. The van der Waals surface area contributed by atoms with Crippen LogP contribution < -0.4 is 5.32 Å².